The van der Waals surface area contributed by atoms with E-state index in [-0.39, 0.29) is 12.5 Å². The summed E-state index contributed by atoms with van der Waals surface area (Å²) in [5.41, 5.74) is 0.882. The summed E-state index contributed by atoms with van der Waals surface area (Å²) in [7, 11) is 0. The SMILES string of the molecule is CCC(CC(=O)O)NC(=O)Nc1nc(C)c(C)s1. The average molecular weight is 271 g/mol. The first-order chi connectivity index (χ1) is 8.42. The van der Waals surface area contributed by atoms with Crippen LogP contribution in [0, 0.1) is 13.8 Å². The molecule has 6 nitrogen and oxygen atoms in total. The van der Waals surface area contributed by atoms with Gasteiger partial charge in [-0.2, -0.15) is 0 Å². The molecular formula is C11H17N3O3S. The summed E-state index contributed by atoms with van der Waals surface area (Å²) >= 11 is 1.39. The van der Waals surface area contributed by atoms with Gasteiger partial charge in [0.2, 0.25) is 0 Å². The number of nitrogens with one attached hydrogen (secondary N) is 2. The number of nitrogens with zero attached hydrogens (tertiary/aromatic N) is 1. The largest absolute Gasteiger partial charge is 0.481 e. The van der Waals surface area contributed by atoms with Crippen molar-refractivity contribution in [2.24, 2.45) is 0 Å². The molecule has 0 aliphatic rings. The van der Waals surface area contributed by atoms with Crippen LogP contribution in [0.1, 0.15) is 30.3 Å². The molecule has 1 rings (SSSR count). The number of aliphatic carboxylic acids is 1. The molecule has 7 heteroatoms. The van der Waals surface area contributed by atoms with E-state index >= 15 is 0 Å². The molecule has 0 aromatic carbocycles. The Labute approximate surface area is 109 Å². The predicted molar refractivity (Wildman–Crippen MR) is 70.1 cm³/mol. The van der Waals surface area contributed by atoms with Crippen molar-refractivity contribution in [2.45, 2.75) is 39.7 Å². The van der Waals surface area contributed by atoms with Crippen LogP contribution in [0.25, 0.3) is 0 Å². The van der Waals surface area contributed by atoms with Gasteiger partial charge in [0.05, 0.1) is 12.1 Å². The summed E-state index contributed by atoms with van der Waals surface area (Å²) in [5, 5.41) is 14.4. The minimum atomic E-state index is -0.928. The standard InChI is InChI=1S/C11H17N3O3S/c1-4-8(5-9(15)16)13-10(17)14-11-12-6(2)7(3)18-11/h8H,4-5H2,1-3H3,(H,15,16)(H2,12,13,14,17). The Morgan fingerprint density at radius 3 is 2.56 bits per heavy atom. The highest BCUT2D eigenvalue weighted by atomic mass is 32.1. The summed E-state index contributed by atoms with van der Waals surface area (Å²) in [6.45, 7) is 5.62. The third kappa shape index (κ3) is 4.33. The van der Waals surface area contributed by atoms with Gasteiger partial charge >= 0.3 is 12.0 Å². The molecule has 0 spiro atoms. The van der Waals surface area contributed by atoms with Gasteiger partial charge in [-0.3, -0.25) is 10.1 Å². The Kier molecular flexibility index (Phi) is 5.08. The molecule has 1 atom stereocenters. The lowest BCUT2D eigenvalue weighted by Gasteiger charge is -2.14. The van der Waals surface area contributed by atoms with Crippen molar-refractivity contribution >= 4 is 28.5 Å². The second-order valence-electron chi connectivity index (χ2n) is 3.96. The van der Waals surface area contributed by atoms with Crippen molar-refractivity contribution in [3.8, 4) is 0 Å². The van der Waals surface area contributed by atoms with Crippen molar-refractivity contribution in [1.82, 2.24) is 10.3 Å². The molecule has 0 radical (unpaired) electrons. The quantitative estimate of drug-likeness (QED) is 0.765. The maximum atomic E-state index is 11.6. The molecule has 0 bridgehead atoms. The van der Waals surface area contributed by atoms with E-state index in [4.69, 9.17) is 5.11 Å². The number of aromatic nitrogens is 1. The molecule has 1 aromatic rings. The molecule has 0 saturated heterocycles. The summed E-state index contributed by atoms with van der Waals surface area (Å²) in [4.78, 5) is 27.4. The molecule has 0 saturated carbocycles. The predicted octanol–water partition coefficient (Wildman–Crippen LogP) is 2.13. The number of thiazole rings is 1. The van der Waals surface area contributed by atoms with Gasteiger partial charge in [0.1, 0.15) is 0 Å². The van der Waals surface area contributed by atoms with Crippen molar-refractivity contribution in [2.75, 3.05) is 5.32 Å². The summed E-state index contributed by atoms with van der Waals surface area (Å²) in [6, 6.07) is -0.790. The van der Waals surface area contributed by atoms with Gasteiger partial charge < -0.3 is 10.4 Å². The normalized spacial score (nSPS) is 11.9. The number of amides is 2. The maximum Gasteiger partial charge on any atom is 0.321 e. The number of carboxylic acid groups (broad SMARTS) is 1. The molecule has 100 valence electrons. The highest BCUT2D eigenvalue weighted by Gasteiger charge is 2.15. The van der Waals surface area contributed by atoms with Crippen LogP contribution in [0.4, 0.5) is 9.93 Å². The Balaban J connectivity index is 2.52. The van der Waals surface area contributed by atoms with Crippen LogP contribution in [0.3, 0.4) is 0 Å². The third-order valence-corrected chi connectivity index (χ3v) is 3.49. The number of rotatable bonds is 5. The zero-order valence-electron chi connectivity index (χ0n) is 10.6. The molecule has 1 aromatic heterocycles. The Morgan fingerprint density at radius 2 is 2.11 bits per heavy atom. The average Bonchev–Trinajstić information content (AvgIpc) is 2.56. The van der Waals surface area contributed by atoms with Crippen LogP contribution in [0.15, 0.2) is 0 Å². The topological polar surface area (TPSA) is 91.3 Å². The van der Waals surface area contributed by atoms with Gasteiger partial charge in [-0.1, -0.05) is 6.92 Å². The lowest BCUT2D eigenvalue weighted by molar-refractivity contribution is -0.137. The molecule has 18 heavy (non-hydrogen) atoms. The van der Waals surface area contributed by atoms with Crippen LogP contribution in [0.2, 0.25) is 0 Å². The smallest absolute Gasteiger partial charge is 0.321 e. The van der Waals surface area contributed by atoms with E-state index in [0.717, 1.165) is 10.6 Å². The van der Waals surface area contributed by atoms with Gasteiger partial charge in [-0.25, -0.2) is 9.78 Å². The first-order valence-corrected chi connectivity index (χ1v) is 6.47. The lowest BCUT2D eigenvalue weighted by atomic mass is 10.1. The minimum Gasteiger partial charge on any atom is -0.481 e. The molecule has 1 unspecified atom stereocenters. The number of aryl methyl sites for hydroxylation is 2. The Morgan fingerprint density at radius 1 is 1.44 bits per heavy atom. The van der Waals surface area contributed by atoms with E-state index in [1.807, 2.05) is 20.8 Å². The summed E-state index contributed by atoms with van der Waals surface area (Å²) in [5.74, 6) is -0.928. The fourth-order valence-electron chi connectivity index (χ4n) is 1.35. The van der Waals surface area contributed by atoms with Crippen molar-refractivity contribution in [1.29, 1.82) is 0 Å². The van der Waals surface area contributed by atoms with Gasteiger partial charge in [-0.15, -0.1) is 11.3 Å². The fraction of sp³-hybridized carbons (Fsp3) is 0.545. The van der Waals surface area contributed by atoms with Crippen LogP contribution >= 0.6 is 11.3 Å². The lowest BCUT2D eigenvalue weighted by Crippen LogP contribution is -2.38. The molecule has 2 amide bonds. The Hall–Kier alpha value is -1.63. The van der Waals surface area contributed by atoms with E-state index in [1.165, 1.54) is 11.3 Å². The molecule has 1 heterocycles. The van der Waals surface area contributed by atoms with E-state index in [2.05, 4.69) is 15.6 Å². The number of anilines is 1. The van der Waals surface area contributed by atoms with Gasteiger partial charge in [0, 0.05) is 10.9 Å². The summed E-state index contributed by atoms with van der Waals surface area (Å²) < 4.78 is 0. The zero-order chi connectivity index (χ0) is 13.7. The molecule has 3 N–H and O–H groups in total. The van der Waals surface area contributed by atoms with Crippen molar-refractivity contribution in [3.05, 3.63) is 10.6 Å². The van der Waals surface area contributed by atoms with Gasteiger partial charge in [-0.05, 0) is 20.3 Å². The fourth-order valence-corrected chi connectivity index (χ4v) is 2.16. The number of hydrogen-bond acceptors (Lipinski definition) is 4. The number of carbonyl (C=O) groups excluding carboxylic acids is 1. The van der Waals surface area contributed by atoms with Crippen molar-refractivity contribution in [3.63, 3.8) is 0 Å². The van der Waals surface area contributed by atoms with Crippen LogP contribution in [-0.2, 0) is 4.79 Å². The summed E-state index contributed by atoms with van der Waals surface area (Å²) in [6.07, 6.45) is 0.482. The highest BCUT2D eigenvalue weighted by Crippen LogP contribution is 2.20. The molecular weight excluding hydrogens is 254 g/mol. The number of hydrogen-bond donors (Lipinski definition) is 3. The van der Waals surface area contributed by atoms with E-state index < -0.39 is 12.0 Å². The Bertz CT molecular complexity index is 425. The van der Waals surface area contributed by atoms with E-state index in [1.54, 1.807) is 0 Å². The van der Waals surface area contributed by atoms with E-state index in [0.29, 0.717) is 11.6 Å². The number of carboxylic acids is 1. The van der Waals surface area contributed by atoms with E-state index in [9.17, 15) is 9.59 Å². The maximum absolute atomic E-state index is 11.6. The first-order valence-electron chi connectivity index (χ1n) is 5.65. The van der Waals surface area contributed by atoms with Crippen LogP contribution in [-0.4, -0.2) is 28.1 Å². The molecule has 0 aliphatic carbocycles. The molecule has 0 aliphatic heterocycles. The highest BCUT2D eigenvalue weighted by molar-refractivity contribution is 7.15. The van der Waals surface area contributed by atoms with Gasteiger partial charge in [0.25, 0.3) is 0 Å². The number of carbonyl (C=O) groups is 2. The monoisotopic (exact) mass is 271 g/mol. The minimum absolute atomic E-state index is 0.0835. The van der Waals surface area contributed by atoms with Gasteiger partial charge in [0.15, 0.2) is 5.13 Å². The van der Waals surface area contributed by atoms with Crippen LogP contribution < -0.4 is 10.6 Å². The molecule has 0 fully saturated rings. The zero-order valence-corrected chi connectivity index (χ0v) is 11.4. The van der Waals surface area contributed by atoms with Crippen LogP contribution in [0.5, 0.6) is 0 Å². The second-order valence-corrected chi connectivity index (χ2v) is 5.17. The second kappa shape index (κ2) is 6.34. The number of urea groups is 1. The third-order valence-electron chi connectivity index (χ3n) is 2.50. The van der Waals surface area contributed by atoms with Crippen molar-refractivity contribution < 1.29 is 14.7 Å². The first kappa shape index (κ1) is 14.4.